The molecule has 2 rings (SSSR count). The maximum Gasteiger partial charge on any atom is 0.318 e. The Balaban J connectivity index is 2.23. The van der Waals surface area contributed by atoms with Gasteiger partial charge in [0.05, 0.1) is 5.25 Å². The molecule has 0 unspecified atom stereocenters. The molecule has 0 radical (unpaired) electrons. The van der Waals surface area contributed by atoms with Crippen molar-refractivity contribution in [1.82, 2.24) is 20.1 Å². The van der Waals surface area contributed by atoms with Crippen molar-refractivity contribution in [3.05, 3.63) is 30.3 Å². The van der Waals surface area contributed by atoms with E-state index in [4.69, 9.17) is 5.73 Å². The fraction of sp³-hybridized carbons (Fsp3) is 0.333. The van der Waals surface area contributed by atoms with Crippen LogP contribution in [0.2, 0.25) is 0 Å². The molecule has 0 saturated carbocycles. The molecule has 0 saturated heterocycles. The molecular formula is C15H19N5O2S. The van der Waals surface area contributed by atoms with Crippen LogP contribution in [0.25, 0.3) is 11.4 Å². The van der Waals surface area contributed by atoms with Gasteiger partial charge in [-0.15, -0.1) is 10.2 Å². The van der Waals surface area contributed by atoms with E-state index < -0.39 is 17.2 Å². The van der Waals surface area contributed by atoms with E-state index in [9.17, 15) is 9.59 Å². The highest BCUT2D eigenvalue weighted by Gasteiger charge is 2.27. The van der Waals surface area contributed by atoms with E-state index in [0.29, 0.717) is 11.0 Å². The van der Waals surface area contributed by atoms with Crippen LogP contribution >= 0.6 is 11.8 Å². The topological polar surface area (TPSA) is 103 Å². The van der Waals surface area contributed by atoms with Crippen molar-refractivity contribution in [2.24, 2.45) is 18.7 Å². The van der Waals surface area contributed by atoms with Crippen LogP contribution in [0.15, 0.2) is 35.5 Å². The van der Waals surface area contributed by atoms with Gasteiger partial charge in [0.2, 0.25) is 5.91 Å². The fourth-order valence-electron chi connectivity index (χ4n) is 2.05. The molecule has 3 amide bonds. The number of carbonyl (C=O) groups is 2. The number of rotatable bonds is 5. The van der Waals surface area contributed by atoms with Crippen molar-refractivity contribution >= 4 is 23.7 Å². The number of nitrogens with two attached hydrogens (primary N) is 1. The Morgan fingerprint density at radius 2 is 1.87 bits per heavy atom. The summed E-state index contributed by atoms with van der Waals surface area (Å²) in [4.78, 5) is 23.0. The Labute approximate surface area is 138 Å². The highest BCUT2D eigenvalue weighted by molar-refractivity contribution is 8.00. The predicted molar refractivity (Wildman–Crippen MR) is 88.6 cm³/mol. The number of aromatic nitrogens is 3. The fourth-order valence-corrected chi connectivity index (χ4v) is 3.05. The molecule has 2 aromatic rings. The number of nitrogens with one attached hydrogen (secondary N) is 1. The zero-order chi connectivity index (χ0) is 17.0. The molecule has 1 heterocycles. The molecule has 0 spiro atoms. The zero-order valence-corrected chi connectivity index (χ0v) is 14.0. The zero-order valence-electron chi connectivity index (χ0n) is 13.2. The Kier molecular flexibility index (Phi) is 5.38. The monoisotopic (exact) mass is 333 g/mol. The van der Waals surface area contributed by atoms with E-state index in [1.54, 1.807) is 0 Å². The van der Waals surface area contributed by atoms with Gasteiger partial charge in [-0.25, -0.2) is 4.79 Å². The number of carbonyl (C=O) groups excluding carboxylic acids is 2. The second-order valence-electron chi connectivity index (χ2n) is 5.37. The molecule has 7 nitrogen and oxygen atoms in total. The average Bonchev–Trinajstić information content (AvgIpc) is 2.85. The van der Waals surface area contributed by atoms with Crippen LogP contribution in [-0.4, -0.2) is 32.0 Å². The predicted octanol–water partition coefficient (Wildman–Crippen LogP) is 1.79. The standard InChI is InChI=1S/C15H19N5O2S/c1-9(2)11(13(21)17-14(16)22)23-15-19-18-12(20(15)3)10-7-5-4-6-8-10/h4-9,11H,1-3H3,(H3,16,17,21,22)/t11-/m0/s1. The number of hydrogen-bond donors (Lipinski definition) is 2. The normalized spacial score (nSPS) is 12.2. The summed E-state index contributed by atoms with van der Waals surface area (Å²) in [7, 11) is 1.84. The summed E-state index contributed by atoms with van der Waals surface area (Å²) < 4.78 is 1.83. The van der Waals surface area contributed by atoms with Crippen LogP contribution in [0.3, 0.4) is 0 Å². The van der Waals surface area contributed by atoms with E-state index in [0.717, 1.165) is 5.56 Å². The second-order valence-corrected chi connectivity index (χ2v) is 6.48. The van der Waals surface area contributed by atoms with Gasteiger partial charge in [-0.2, -0.15) is 0 Å². The van der Waals surface area contributed by atoms with E-state index in [1.807, 2.05) is 55.8 Å². The van der Waals surface area contributed by atoms with Crippen molar-refractivity contribution in [1.29, 1.82) is 0 Å². The first kappa shape index (κ1) is 17.0. The minimum Gasteiger partial charge on any atom is -0.351 e. The lowest BCUT2D eigenvalue weighted by atomic mass is 10.1. The van der Waals surface area contributed by atoms with Gasteiger partial charge in [-0.1, -0.05) is 55.9 Å². The molecule has 3 N–H and O–H groups in total. The van der Waals surface area contributed by atoms with Crippen molar-refractivity contribution < 1.29 is 9.59 Å². The van der Waals surface area contributed by atoms with Gasteiger partial charge in [0.25, 0.3) is 0 Å². The minimum atomic E-state index is -0.857. The maximum absolute atomic E-state index is 12.1. The third-order valence-corrected chi connectivity index (χ3v) is 4.79. The van der Waals surface area contributed by atoms with Crippen molar-refractivity contribution in [2.75, 3.05) is 0 Å². The third-order valence-electron chi connectivity index (χ3n) is 3.21. The molecule has 0 aliphatic heterocycles. The highest BCUT2D eigenvalue weighted by atomic mass is 32.2. The van der Waals surface area contributed by atoms with Gasteiger partial charge in [0.1, 0.15) is 0 Å². The summed E-state index contributed by atoms with van der Waals surface area (Å²) in [6.07, 6.45) is 0. The first-order valence-electron chi connectivity index (χ1n) is 7.12. The summed E-state index contributed by atoms with van der Waals surface area (Å²) in [5.41, 5.74) is 5.96. The molecule has 0 aliphatic carbocycles. The van der Waals surface area contributed by atoms with Gasteiger partial charge in [0.15, 0.2) is 11.0 Å². The smallest absolute Gasteiger partial charge is 0.318 e. The van der Waals surface area contributed by atoms with Crippen LogP contribution < -0.4 is 11.1 Å². The van der Waals surface area contributed by atoms with Crippen LogP contribution in [-0.2, 0) is 11.8 Å². The molecule has 1 aromatic carbocycles. The Morgan fingerprint density at radius 3 is 2.43 bits per heavy atom. The number of thioether (sulfide) groups is 1. The summed E-state index contributed by atoms with van der Waals surface area (Å²) in [5.74, 6) is 0.281. The van der Waals surface area contributed by atoms with E-state index in [1.165, 1.54) is 11.8 Å². The molecule has 1 atom stereocenters. The Bertz CT molecular complexity index is 699. The van der Waals surface area contributed by atoms with Gasteiger partial charge in [0, 0.05) is 12.6 Å². The summed E-state index contributed by atoms with van der Waals surface area (Å²) >= 11 is 1.26. The van der Waals surface area contributed by atoms with E-state index in [-0.39, 0.29) is 5.92 Å². The van der Waals surface area contributed by atoms with Gasteiger partial charge >= 0.3 is 6.03 Å². The van der Waals surface area contributed by atoms with E-state index >= 15 is 0 Å². The van der Waals surface area contributed by atoms with Crippen molar-refractivity contribution in [2.45, 2.75) is 24.3 Å². The quantitative estimate of drug-likeness (QED) is 0.812. The van der Waals surface area contributed by atoms with Gasteiger partial charge in [-0.3, -0.25) is 10.1 Å². The average molecular weight is 333 g/mol. The number of nitrogens with zero attached hydrogens (tertiary/aromatic N) is 3. The third kappa shape index (κ3) is 4.10. The molecule has 0 fully saturated rings. The van der Waals surface area contributed by atoms with Crippen LogP contribution in [0.4, 0.5) is 4.79 Å². The Hall–Kier alpha value is -2.35. The summed E-state index contributed by atoms with van der Waals surface area (Å²) in [6.45, 7) is 3.79. The Morgan fingerprint density at radius 1 is 1.22 bits per heavy atom. The molecule has 23 heavy (non-hydrogen) atoms. The largest absolute Gasteiger partial charge is 0.351 e. The lowest BCUT2D eigenvalue weighted by Crippen LogP contribution is -2.42. The number of benzene rings is 1. The number of primary amides is 1. The minimum absolute atomic E-state index is 0.00350. The number of hydrogen-bond acceptors (Lipinski definition) is 5. The lowest BCUT2D eigenvalue weighted by molar-refractivity contribution is -0.120. The SMILES string of the molecule is CC(C)[C@H](Sc1nnc(-c2ccccc2)n1C)C(=O)NC(N)=O. The molecule has 0 bridgehead atoms. The van der Waals surface area contributed by atoms with Crippen LogP contribution in [0.5, 0.6) is 0 Å². The molecule has 1 aromatic heterocycles. The molecule has 122 valence electrons. The number of imide groups is 1. The molecule has 0 aliphatic rings. The van der Waals surface area contributed by atoms with E-state index in [2.05, 4.69) is 15.5 Å². The molecular weight excluding hydrogens is 314 g/mol. The first-order chi connectivity index (χ1) is 10.9. The van der Waals surface area contributed by atoms with Crippen LogP contribution in [0, 0.1) is 5.92 Å². The van der Waals surface area contributed by atoms with Crippen LogP contribution in [0.1, 0.15) is 13.8 Å². The summed E-state index contributed by atoms with van der Waals surface area (Å²) in [6, 6.07) is 8.81. The number of urea groups is 1. The van der Waals surface area contributed by atoms with Crippen molar-refractivity contribution in [3.63, 3.8) is 0 Å². The highest BCUT2D eigenvalue weighted by Crippen LogP contribution is 2.29. The number of amides is 3. The van der Waals surface area contributed by atoms with Gasteiger partial charge < -0.3 is 10.3 Å². The lowest BCUT2D eigenvalue weighted by Gasteiger charge is -2.18. The van der Waals surface area contributed by atoms with Crippen molar-refractivity contribution in [3.8, 4) is 11.4 Å². The summed E-state index contributed by atoms with van der Waals surface area (Å²) in [5, 5.41) is 10.6. The second kappa shape index (κ2) is 7.28. The van der Waals surface area contributed by atoms with Gasteiger partial charge in [-0.05, 0) is 5.92 Å². The first-order valence-corrected chi connectivity index (χ1v) is 8.00. The molecule has 8 heteroatoms. The maximum atomic E-state index is 12.1.